The van der Waals surface area contributed by atoms with Gasteiger partial charge in [0.05, 0.1) is 0 Å². The highest BCUT2D eigenvalue weighted by atomic mass is 19.4. The number of alkyl halides is 3. The van der Waals surface area contributed by atoms with Crippen molar-refractivity contribution < 1.29 is 22.6 Å². The lowest BCUT2D eigenvalue weighted by Gasteiger charge is -2.21. The van der Waals surface area contributed by atoms with Crippen molar-refractivity contribution in [2.45, 2.75) is 32.0 Å². The SMILES string of the molecule is CN=C(NCCCOCC1CCOCC1)NCc1cn(C)nc1C(F)(F)F. The highest BCUT2D eigenvalue weighted by Crippen LogP contribution is 2.30. The molecule has 7 nitrogen and oxygen atoms in total. The molecule has 2 rings (SSSR count). The van der Waals surface area contributed by atoms with Gasteiger partial charge in [0.2, 0.25) is 0 Å². The molecule has 0 spiro atoms. The van der Waals surface area contributed by atoms with Crippen molar-refractivity contribution in [2.24, 2.45) is 18.0 Å². The van der Waals surface area contributed by atoms with Crippen LogP contribution in [0.1, 0.15) is 30.5 Å². The number of hydrogen-bond donors (Lipinski definition) is 2. The predicted octanol–water partition coefficient (Wildman–Crippen LogP) is 1.94. The summed E-state index contributed by atoms with van der Waals surface area (Å²) in [5.74, 6) is 1.01. The topological polar surface area (TPSA) is 72.7 Å². The molecule has 0 unspecified atom stereocenters. The second-order valence-corrected chi connectivity index (χ2v) is 6.51. The molecular weight excluding hydrogens is 363 g/mol. The molecule has 1 aromatic heterocycles. The molecule has 0 aromatic carbocycles. The molecule has 0 amide bonds. The van der Waals surface area contributed by atoms with Crippen molar-refractivity contribution in [3.63, 3.8) is 0 Å². The normalized spacial score (nSPS) is 16.6. The van der Waals surface area contributed by atoms with Gasteiger partial charge in [0.1, 0.15) is 0 Å². The van der Waals surface area contributed by atoms with E-state index in [2.05, 4.69) is 20.7 Å². The standard InChI is InChI=1S/C17H28F3N5O2/c1-21-16(22-6-3-7-27-12-13-4-8-26-9-5-13)23-10-14-11-25(2)24-15(14)17(18,19)20/h11,13H,3-10,12H2,1-2H3,(H2,21,22,23). The van der Waals surface area contributed by atoms with Crippen LogP contribution in [0.5, 0.6) is 0 Å². The molecule has 27 heavy (non-hydrogen) atoms. The van der Waals surface area contributed by atoms with Gasteiger partial charge in [-0.25, -0.2) is 0 Å². The minimum Gasteiger partial charge on any atom is -0.381 e. The molecular formula is C17H28F3N5O2. The van der Waals surface area contributed by atoms with Gasteiger partial charge in [-0.2, -0.15) is 18.3 Å². The zero-order chi connectivity index (χ0) is 19.7. The van der Waals surface area contributed by atoms with Crippen LogP contribution in [0.2, 0.25) is 0 Å². The van der Waals surface area contributed by atoms with E-state index in [1.807, 2.05) is 0 Å². The van der Waals surface area contributed by atoms with Crippen molar-refractivity contribution >= 4 is 5.96 Å². The Morgan fingerprint density at radius 2 is 2.11 bits per heavy atom. The van der Waals surface area contributed by atoms with Gasteiger partial charge in [-0.15, -0.1) is 0 Å². The van der Waals surface area contributed by atoms with E-state index in [0.717, 1.165) is 43.8 Å². The predicted molar refractivity (Wildman–Crippen MR) is 95.4 cm³/mol. The van der Waals surface area contributed by atoms with E-state index in [4.69, 9.17) is 9.47 Å². The van der Waals surface area contributed by atoms with Gasteiger partial charge in [0, 0.05) is 65.4 Å². The van der Waals surface area contributed by atoms with Crippen LogP contribution in [0.15, 0.2) is 11.2 Å². The van der Waals surface area contributed by atoms with E-state index in [1.165, 1.54) is 13.2 Å². The zero-order valence-electron chi connectivity index (χ0n) is 15.8. The quantitative estimate of drug-likeness (QED) is 0.403. The molecule has 0 aliphatic carbocycles. The summed E-state index contributed by atoms with van der Waals surface area (Å²) in [6.45, 7) is 3.60. The van der Waals surface area contributed by atoms with Crippen molar-refractivity contribution in [3.8, 4) is 0 Å². The van der Waals surface area contributed by atoms with Gasteiger partial charge in [-0.1, -0.05) is 0 Å². The summed E-state index contributed by atoms with van der Waals surface area (Å²) in [5, 5.41) is 9.45. The van der Waals surface area contributed by atoms with Gasteiger partial charge in [0.15, 0.2) is 11.7 Å². The fraction of sp³-hybridized carbons (Fsp3) is 0.765. The molecule has 1 aromatic rings. The van der Waals surface area contributed by atoms with E-state index in [9.17, 15) is 13.2 Å². The molecule has 0 bridgehead atoms. The molecule has 154 valence electrons. The van der Waals surface area contributed by atoms with Gasteiger partial charge < -0.3 is 20.1 Å². The Hall–Kier alpha value is -1.81. The van der Waals surface area contributed by atoms with Crippen LogP contribution in [-0.2, 0) is 29.2 Å². The first-order valence-corrected chi connectivity index (χ1v) is 9.10. The average molecular weight is 391 g/mol. The third kappa shape index (κ3) is 7.37. The Kier molecular flexibility index (Phi) is 8.36. The maximum absolute atomic E-state index is 13.0. The van der Waals surface area contributed by atoms with E-state index < -0.39 is 11.9 Å². The molecule has 2 N–H and O–H groups in total. The van der Waals surface area contributed by atoms with Crippen LogP contribution in [0.3, 0.4) is 0 Å². The van der Waals surface area contributed by atoms with Crippen LogP contribution in [0.4, 0.5) is 13.2 Å². The Morgan fingerprint density at radius 3 is 2.78 bits per heavy atom. The lowest BCUT2D eigenvalue weighted by Crippen LogP contribution is -2.37. The zero-order valence-corrected chi connectivity index (χ0v) is 15.8. The number of hydrogen-bond acceptors (Lipinski definition) is 4. The highest BCUT2D eigenvalue weighted by molar-refractivity contribution is 5.79. The molecule has 2 heterocycles. The number of aryl methyl sites for hydroxylation is 1. The third-order valence-corrected chi connectivity index (χ3v) is 4.30. The summed E-state index contributed by atoms with van der Waals surface area (Å²) in [6, 6.07) is 0. The number of aromatic nitrogens is 2. The van der Waals surface area contributed by atoms with Crippen LogP contribution in [-0.4, -0.2) is 55.8 Å². The van der Waals surface area contributed by atoms with Gasteiger partial charge in [-0.05, 0) is 25.2 Å². The van der Waals surface area contributed by atoms with E-state index in [-0.39, 0.29) is 12.1 Å². The average Bonchev–Trinajstić information content (AvgIpc) is 3.02. The fourth-order valence-electron chi connectivity index (χ4n) is 2.85. The first-order chi connectivity index (χ1) is 12.9. The number of nitrogens with zero attached hydrogens (tertiary/aromatic N) is 3. The van der Waals surface area contributed by atoms with Crippen molar-refractivity contribution in [3.05, 3.63) is 17.5 Å². The monoisotopic (exact) mass is 391 g/mol. The summed E-state index contributed by atoms with van der Waals surface area (Å²) in [7, 11) is 3.04. The number of aliphatic imine (C=N–C) groups is 1. The summed E-state index contributed by atoms with van der Waals surface area (Å²) in [4.78, 5) is 4.02. The summed E-state index contributed by atoms with van der Waals surface area (Å²) >= 11 is 0. The molecule has 1 fully saturated rings. The van der Waals surface area contributed by atoms with E-state index in [1.54, 1.807) is 7.05 Å². The third-order valence-electron chi connectivity index (χ3n) is 4.30. The van der Waals surface area contributed by atoms with E-state index in [0.29, 0.717) is 25.0 Å². The highest BCUT2D eigenvalue weighted by Gasteiger charge is 2.36. The van der Waals surface area contributed by atoms with Gasteiger partial charge >= 0.3 is 6.18 Å². The molecule has 1 aliphatic rings. The van der Waals surface area contributed by atoms with Crippen LogP contribution < -0.4 is 10.6 Å². The van der Waals surface area contributed by atoms with Gasteiger partial charge in [0.25, 0.3) is 0 Å². The second-order valence-electron chi connectivity index (χ2n) is 6.51. The minimum atomic E-state index is -4.48. The minimum absolute atomic E-state index is 0.0113. The lowest BCUT2D eigenvalue weighted by molar-refractivity contribution is -0.142. The molecule has 0 atom stereocenters. The number of ether oxygens (including phenoxy) is 2. The van der Waals surface area contributed by atoms with Crippen LogP contribution in [0.25, 0.3) is 0 Å². The van der Waals surface area contributed by atoms with Crippen molar-refractivity contribution in [1.29, 1.82) is 0 Å². The smallest absolute Gasteiger partial charge is 0.381 e. The fourth-order valence-corrected chi connectivity index (χ4v) is 2.85. The number of halogens is 3. The Morgan fingerprint density at radius 1 is 1.37 bits per heavy atom. The first-order valence-electron chi connectivity index (χ1n) is 9.10. The molecule has 1 saturated heterocycles. The number of guanidine groups is 1. The number of rotatable bonds is 8. The molecule has 0 saturated carbocycles. The second kappa shape index (κ2) is 10.5. The Bertz CT molecular complexity index is 598. The summed E-state index contributed by atoms with van der Waals surface area (Å²) < 4.78 is 51.0. The van der Waals surface area contributed by atoms with E-state index >= 15 is 0 Å². The number of nitrogens with one attached hydrogen (secondary N) is 2. The van der Waals surface area contributed by atoms with Crippen molar-refractivity contribution in [2.75, 3.05) is 40.0 Å². The van der Waals surface area contributed by atoms with Crippen molar-refractivity contribution in [1.82, 2.24) is 20.4 Å². The summed E-state index contributed by atoms with van der Waals surface area (Å²) in [5.41, 5.74) is -0.804. The molecule has 0 radical (unpaired) electrons. The maximum atomic E-state index is 13.0. The molecule has 1 aliphatic heterocycles. The van der Waals surface area contributed by atoms with Crippen LogP contribution in [0, 0.1) is 5.92 Å². The van der Waals surface area contributed by atoms with Gasteiger partial charge in [-0.3, -0.25) is 9.67 Å². The lowest BCUT2D eigenvalue weighted by atomic mass is 10.0. The molecule has 10 heteroatoms. The first kappa shape index (κ1) is 21.5. The van der Waals surface area contributed by atoms with Crippen LogP contribution >= 0.6 is 0 Å². The maximum Gasteiger partial charge on any atom is 0.435 e. The Labute approximate surface area is 157 Å². The summed E-state index contributed by atoms with van der Waals surface area (Å²) in [6.07, 6.45) is -0.249. The Balaban J connectivity index is 1.65. The largest absolute Gasteiger partial charge is 0.435 e.